The molecule has 5 aromatic rings. The fourth-order valence-corrected chi connectivity index (χ4v) is 5.23. The number of fused-ring (bicyclic) bond motifs is 2. The second-order valence-electron chi connectivity index (χ2n) is 7.26. The van der Waals surface area contributed by atoms with Gasteiger partial charge < -0.3 is 9.97 Å². The number of H-pyrrole nitrogens is 2. The van der Waals surface area contributed by atoms with Gasteiger partial charge in [-0.25, -0.2) is 8.42 Å². The molecule has 0 aliphatic carbocycles. The number of para-hydroxylation sites is 1. The Morgan fingerprint density at radius 3 is 2.17 bits per heavy atom. The molecule has 2 heterocycles. The lowest BCUT2D eigenvalue weighted by Gasteiger charge is -2.07. The Morgan fingerprint density at radius 1 is 0.767 bits per heavy atom. The van der Waals surface area contributed by atoms with Gasteiger partial charge in [-0.1, -0.05) is 60.2 Å². The highest BCUT2D eigenvalue weighted by molar-refractivity contribution is 7.91. The lowest BCUT2D eigenvalue weighted by atomic mass is 10.0. The molecule has 0 unspecified atom stereocenters. The van der Waals surface area contributed by atoms with Gasteiger partial charge in [0.05, 0.1) is 15.8 Å². The van der Waals surface area contributed by atoms with Gasteiger partial charge in [-0.3, -0.25) is 4.79 Å². The molecule has 5 rings (SSSR count). The molecule has 3 aromatic carbocycles. The summed E-state index contributed by atoms with van der Waals surface area (Å²) in [5, 5.41) is 0.863. The lowest BCUT2D eigenvalue weighted by molar-refractivity contribution is 0.593. The van der Waals surface area contributed by atoms with Crippen LogP contribution in [0.1, 0.15) is 5.56 Å². The van der Waals surface area contributed by atoms with E-state index in [1.54, 1.807) is 42.5 Å². The average Bonchev–Trinajstić information content (AvgIpc) is 3.15. The van der Waals surface area contributed by atoms with Crippen LogP contribution in [-0.2, 0) is 9.84 Å². The Kier molecular flexibility index (Phi) is 4.11. The molecule has 148 valence electrons. The van der Waals surface area contributed by atoms with Crippen LogP contribution in [0.25, 0.3) is 33.1 Å². The maximum Gasteiger partial charge on any atom is 0.222 e. The first-order valence-corrected chi connectivity index (χ1v) is 11.0. The van der Waals surface area contributed by atoms with Crippen LogP contribution in [0.5, 0.6) is 0 Å². The van der Waals surface area contributed by atoms with Crippen LogP contribution in [0.4, 0.5) is 0 Å². The second kappa shape index (κ2) is 6.71. The molecule has 0 spiro atoms. The summed E-state index contributed by atoms with van der Waals surface area (Å²) in [6.07, 6.45) is 0. The standard InChI is InChI=1S/C24H18N2O3S/c1-15-11-13-17(14-12-15)30(28,29)24-20(16-7-3-2-4-8-16)21-22(27)18-9-5-6-10-19(18)25-23(21)26-24/h2-14H,1H3,(H2,25,26,27). The van der Waals surface area contributed by atoms with Gasteiger partial charge in [-0.05, 0) is 36.8 Å². The first kappa shape index (κ1) is 18.4. The van der Waals surface area contributed by atoms with Gasteiger partial charge >= 0.3 is 0 Å². The van der Waals surface area contributed by atoms with Gasteiger partial charge in [0.15, 0.2) is 5.43 Å². The highest BCUT2D eigenvalue weighted by atomic mass is 32.2. The number of hydrogen-bond acceptors (Lipinski definition) is 3. The maximum absolute atomic E-state index is 13.6. The molecular weight excluding hydrogens is 396 g/mol. The first-order valence-electron chi connectivity index (χ1n) is 9.51. The van der Waals surface area contributed by atoms with Crippen molar-refractivity contribution < 1.29 is 8.42 Å². The predicted molar refractivity (Wildman–Crippen MR) is 118 cm³/mol. The van der Waals surface area contributed by atoms with Crippen LogP contribution in [-0.4, -0.2) is 18.4 Å². The Bertz CT molecular complexity index is 1560. The van der Waals surface area contributed by atoms with E-state index in [1.807, 2.05) is 43.3 Å². The summed E-state index contributed by atoms with van der Waals surface area (Å²) < 4.78 is 27.1. The molecule has 0 aliphatic rings. The number of benzene rings is 3. The first-order chi connectivity index (χ1) is 14.5. The van der Waals surface area contributed by atoms with Crippen molar-refractivity contribution in [1.29, 1.82) is 0 Å². The molecular formula is C24H18N2O3S. The number of sulfone groups is 1. The van der Waals surface area contributed by atoms with Crippen molar-refractivity contribution in [2.75, 3.05) is 0 Å². The number of pyridine rings is 1. The minimum absolute atomic E-state index is 0.0104. The van der Waals surface area contributed by atoms with E-state index < -0.39 is 9.84 Å². The molecule has 0 atom stereocenters. The molecule has 2 aromatic heterocycles. The van der Waals surface area contributed by atoms with Crippen molar-refractivity contribution in [2.24, 2.45) is 0 Å². The topological polar surface area (TPSA) is 82.8 Å². The summed E-state index contributed by atoms with van der Waals surface area (Å²) in [6.45, 7) is 1.90. The molecule has 0 saturated heterocycles. The van der Waals surface area contributed by atoms with Gasteiger partial charge in [0, 0.05) is 10.9 Å². The van der Waals surface area contributed by atoms with E-state index in [4.69, 9.17) is 0 Å². The smallest absolute Gasteiger partial charge is 0.222 e. The number of rotatable bonds is 3. The molecule has 0 bridgehead atoms. The van der Waals surface area contributed by atoms with E-state index in [1.165, 1.54) is 0 Å². The highest BCUT2D eigenvalue weighted by Gasteiger charge is 2.28. The normalized spacial score (nSPS) is 11.9. The van der Waals surface area contributed by atoms with E-state index >= 15 is 0 Å². The molecule has 0 fully saturated rings. The number of aromatic nitrogens is 2. The van der Waals surface area contributed by atoms with Gasteiger partial charge in [-0.15, -0.1) is 0 Å². The fourth-order valence-electron chi connectivity index (χ4n) is 3.77. The van der Waals surface area contributed by atoms with Crippen molar-refractivity contribution in [2.45, 2.75) is 16.8 Å². The van der Waals surface area contributed by atoms with Crippen molar-refractivity contribution in [3.05, 3.63) is 94.6 Å². The zero-order valence-electron chi connectivity index (χ0n) is 16.1. The third-order valence-corrected chi connectivity index (χ3v) is 7.02. The largest absolute Gasteiger partial charge is 0.341 e. The fraction of sp³-hybridized carbons (Fsp3) is 0.0417. The van der Waals surface area contributed by atoms with Gasteiger partial charge in [0.25, 0.3) is 0 Å². The summed E-state index contributed by atoms with van der Waals surface area (Å²) in [6, 6.07) is 23.0. The third kappa shape index (κ3) is 2.76. The molecule has 0 saturated carbocycles. The third-order valence-electron chi connectivity index (χ3n) is 5.29. The molecule has 30 heavy (non-hydrogen) atoms. The minimum atomic E-state index is -3.89. The number of aryl methyl sites for hydroxylation is 1. The van der Waals surface area contributed by atoms with Crippen molar-refractivity contribution >= 4 is 31.8 Å². The summed E-state index contributed by atoms with van der Waals surface area (Å²) >= 11 is 0. The number of aromatic amines is 2. The van der Waals surface area contributed by atoms with Crippen LogP contribution >= 0.6 is 0 Å². The SMILES string of the molecule is Cc1ccc(S(=O)(=O)c2[nH]c3[nH]c4ccccc4c(=O)c3c2-c2ccccc2)cc1. The van der Waals surface area contributed by atoms with E-state index in [0.717, 1.165) is 5.56 Å². The second-order valence-corrected chi connectivity index (χ2v) is 9.15. The van der Waals surface area contributed by atoms with Crippen molar-refractivity contribution in [3.8, 4) is 11.1 Å². The van der Waals surface area contributed by atoms with E-state index in [0.29, 0.717) is 33.1 Å². The summed E-state index contributed by atoms with van der Waals surface area (Å²) in [5.74, 6) is 0. The van der Waals surface area contributed by atoms with E-state index in [2.05, 4.69) is 9.97 Å². The van der Waals surface area contributed by atoms with E-state index in [-0.39, 0.29) is 15.4 Å². The molecule has 0 radical (unpaired) electrons. The molecule has 0 amide bonds. The Balaban J connectivity index is 1.93. The predicted octanol–water partition coefficient (Wildman–Crippen LogP) is 4.82. The van der Waals surface area contributed by atoms with Gasteiger partial charge in [-0.2, -0.15) is 0 Å². The van der Waals surface area contributed by atoms with Crippen LogP contribution in [0.3, 0.4) is 0 Å². The van der Waals surface area contributed by atoms with Crippen LogP contribution in [0.2, 0.25) is 0 Å². The number of nitrogens with one attached hydrogen (secondary N) is 2. The van der Waals surface area contributed by atoms with Crippen LogP contribution in [0.15, 0.2) is 93.6 Å². The zero-order valence-corrected chi connectivity index (χ0v) is 17.0. The Morgan fingerprint density at radius 2 is 1.43 bits per heavy atom. The molecule has 5 nitrogen and oxygen atoms in total. The monoisotopic (exact) mass is 414 g/mol. The van der Waals surface area contributed by atoms with Crippen molar-refractivity contribution in [3.63, 3.8) is 0 Å². The summed E-state index contributed by atoms with van der Waals surface area (Å²) in [4.78, 5) is 19.7. The van der Waals surface area contributed by atoms with E-state index in [9.17, 15) is 13.2 Å². The van der Waals surface area contributed by atoms with Crippen LogP contribution in [0, 0.1) is 6.92 Å². The minimum Gasteiger partial charge on any atom is -0.341 e. The summed E-state index contributed by atoms with van der Waals surface area (Å²) in [5.41, 5.74) is 2.85. The Labute approximate surface area is 172 Å². The number of hydrogen-bond donors (Lipinski definition) is 2. The van der Waals surface area contributed by atoms with Crippen LogP contribution < -0.4 is 5.43 Å². The van der Waals surface area contributed by atoms with Crippen molar-refractivity contribution in [1.82, 2.24) is 9.97 Å². The molecule has 6 heteroatoms. The lowest BCUT2D eigenvalue weighted by Crippen LogP contribution is -2.05. The summed E-state index contributed by atoms with van der Waals surface area (Å²) in [7, 11) is -3.89. The van der Waals surface area contributed by atoms with Gasteiger partial charge in [0.1, 0.15) is 10.7 Å². The van der Waals surface area contributed by atoms with Gasteiger partial charge in [0.2, 0.25) is 9.84 Å². The zero-order chi connectivity index (χ0) is 20.9. The highest BCUT2D eigenvalue weighted by Crippen LogP contribution is 2.36. The molecule has 2 N–H and O–H groups in total. The quantitative estimate of drug-likeness (QED) is 0.444. The Hall–Kier alpha value is -3.64. The average molecular weight is 414 g/mol. The maximum atomic E-state index is 13.6. The molecule has 0 aliphatic heterocycles.